The van der Waals surface area contributed by atoms with E-state index in [4.69, 9.17) is 17.2 Å². The number of hydrogen-bond donors (Lipinski definition) is 13. The maximum absolute atomic E-state index is 14.5. The maximum atomic E-state index is 14.5. The van der Waals surface area contributed by atoms with E-state index in [0.29, 0.717) is 23.2 Å². The number of benzene rings is 2. The van der Waals surface area contributed by atoms with Gasteiger partial charge in [-0.05, 0) is 49.3 Å². The SMILES string of the molecule is CCCCCCC(=O)NC1CCC(=O)NCCC(C(=O)NC(Cc2c[nH]c3ccccc23)C(N)=O)NC(O)C(CCCN=C(N)N)NC(=O)C(Cc2ccccc2)NC(=O)C(Cc2cnc[nH]2)NC1=O. The highest BCUT2D eigenvalue weighted by molar-refractivity contribution is 5.95. The molecule has 5 rings (SSSR count). The van der Waals surface area contributed by atoms with Crippen molar-refractivity contribution in [3.63, 3.8) is 0 Å². The molecule has 0 radical (unpaired) electrons. The Morgan fingerprint density at radius 1 is 0.857 bits per heavy atom. The van der Waals surface area contributed by atoms with Crippen molar-refractivity contribution in [3.05, 3.63) is 90.1 Å². The van der Waals surface area contributed by atoms with Crippen molar-refractivity contribution in [2.45, 2.75) is 133 Å². The average Bonchev–Trinajstić information content (AvgIpc) is 4.01. The minimum absolute atomic E-state index is 0.0200. The van der Waals surface area contributed by atoms with Crippen LogP contribution in [0.5, 0.6) is 0 Å². The number of carbonyl (C=O) groups is 7. The molecule has 0 bridgehead atoms. The van der Waals surface area contributed by atoms with E-state index in [1.165, 1.54) is 12.5 Å². The van der Waals surface area contributed by atoms with E-state index < -0.39 is 83.8 Å². The van der Waals surface area contributed by atoms with Crippen molar-refractivity contribution in [2.75, 3.05) is 13.1 Å². The molecule has 1 aliphatic rings. The zero-order valence-corrected chi connectivity index (χ0v) is 39.5. The number of H-pyrrole nitrogens is 2. The molecule has 70 heavy (non-hydrogen) atoms. The number of para-hydroxylation sites is 1. The molecule has 0 aliphatic carbocycles. The van der Waals surface area contributed by atoms with E-state index in [-0.39, 0.29) is 76.8 Å². The second kappa shape index (κ2) is 27.6. The number of amides is 7. The number of hydrogen-bond acceptors (Lipinski definition) is 11. The Morgan fingerprint density at radius 2 is 1.59 bits per heavy atom. The number of carbonyl (C=O) groups excluding carboxylic acids is 7. The molecule has 7 atom stereocenters. The van der Waals surface area contributed by atoms with Gasteiger partial charge in [-0.1, -0.05) is 74.7 Å². The van der Waals surface area contributed by atoms with Crippen LogP contribution in [0.15, 0.2) is 78.3 Å². The highest BCUT2D eigenvalue weighted by Gasteiger charge is 2.34. The number of nitrogens with one attached hydrogen (secondary N) is 9. The molecule has 0 spiro atoms. The molecule has 1 aliphatic heterocycles. The fraction of sp³-hybridized carbons (Fsp3) is 0.479. The van der Waals surface area contributed by atoms with Gasteiger partial charge in [-0.2, -0.15) is 0 Å². The van der Waals surface area contributed by atoms with Crippen LogP contribution in [0.25, 0.3) is 10.9 Å². The van der Waals surface area contributed by atoms with Crippen LogP contribution >= 0.6 is 0 Å². The molecule has 7 amide bonds. The minimum atomic E-state index is -1.65. The summed E-state index contributed by atoms with van der Waals surface area (Å²) in [6, 6.07) is 8.82. The molecule has 0 saturated carbocycles. The minimum Gasteiger partial charge on any atom is -0.376 e. The van der Waals surface area contributed by atoms with E-state index >= 15 is 0 Å². The molecular weight excluding hydrogens is 901 g/mol. The standard InChI is InChI=1S/C48H68N14O8/c1-2-3-4-8-17-41(64)57-35-18-19-40(63)53-22-20-36(45(68)60-37(42(49)65)24-30-26-55-33-15-10-9-14-32(30)33)59-43(66)34(16-11-21-54-48(50)51)58-46(69)38(23-29-12-6-5-7-13-29)61-47(70)39(62-44(35)67)25-31-27-52-28-56-31/h5-7,9-10,12-15,26-28,34-39,43,55,59,66H,2-4,8,11,16-25H2,1H3,(H2,49,65)(H,52,56)(H,53,63)(H,57,64)(H,58,69)(H,60,68)(H,61,70)(H,62,67)(H4,50,51,54). The average molecular weight is 969 g/mol. The molecule has 3 heterocycles. The number of aliphatic hydroxyl groups is 1. The Labute approximate surface area is 406 Å². The lowest BCUT2D eigenvalue weighted by atomic mass is 10.0. The van der Waals surface area contributed by atoms with Gasteiger partial charge in [-0.3, -0.25) is 43.9 Å². The number of aliphatic hydroxyl groups excluding tert-OH is 1. The Morgan fingerprint density at radius 3 is 2.31 bits per heavy atom. The van der Waals surface area contributed by atoms with Crippen molar-refractivity contribution in [1.29, 1.82) is 0 Å². The van der Waals surface area contributed by atoms with Crippen molar-refractivity contribution in [3.8, 4) is 0 Å². The first-order valence-electron chi connectivity index (χ1n) is 23.8. The van der Waals surface area contributed by atoms with Crippen LogP contribution in [0.1, 0.15) is 88.0 Å². The summed E-state index contributed by atoms with van der Waals surface area (Å²) in [6.45, 7) is 2.03. The Balaban J connectivity index is 1.49. The largest absolute Gasteiger partial charge is 0.376 e. The monoisotopic (exact) mass is 969 g/mol. The lowest BCUT2D eigenvalue weighted by Gasteiger charge is -2.31. The third-order valence-corrected chi connectivity index (χ3v) is 12.0. The fourth-order valence-corrected chi connectivity index (χ4v) is 8.14. The number of unbranched alkanes of at least 4 members (excludes halogenated alkanes) is 3. The van der Waals surface area contributed by atoms with Crippen molar-refractivity contribution >= 4 is 58.2 Å². The number of nitrogens with two attached hydrogens (primary N) is 3. The second-order valence-corrected chi connectivity index (χ2v) is 17.5. The molecule has 22 nitrogen and oxygen atoms in total. The Hall–Kier alpha value is -7.33. The smallest absolute Gasteiger partial charge is 0.243 e. The maximum Gasteiger partial charge on any atom is 0.243 e. The number of rotatable bonds is 19. The first-order valence-corrected chi connectivity index (χ1v) is 23.8. The highest BCUT2D eigenvalue weighted by Crippen LogP contribution is 2.19. The van der Waals surface area contributed by atoms with Gasteiger partial charge in [-0.25, -0.2) is 4.98 Å². The van der Waals surface area contributed by atoms with E-state index in [0.717, 1.165) is 30.2 Å². The molecule has 4 aromatic rings. The summed E-state index contributed by atoms with van der Waals surface area (Å²) < 4.78 is 0. The summed E-state index contributed by atoms with van der Waals surface area (Å²) in [5.74, 6) is -4.88. The molecule has 22 heteroatoms. The lowest BCUT2D eigenvalue weighted by molar-refractivity contribution is -0.134. The number of aromatic nitrogens is 3. The first-order chi connectivity index (χ1) is 33.7. The number of fused-ring (bicyclic) bond motifs is 1. The van der Waals surface area contributed by atoms with Gasteiger partial charge in [0, 0.05) is 74.2 Å². The fourth-order valence-electron chi connectivity index (χ4n) is 8.14. The normalized spacial score (nSPS) is 21.3. The quantitative estimate of drug-likeness (QED) is 0.0319. The van der Waals surface area contributed by atoms with E-state index in [1.807, 2.05) is 31.2 Å². The zero-order chi connectivity index (χ0) is 50.4. The Kier molecular flexibility index (Phi) is 21.2. The molecular formula is C48H68N14O8. The van der Waals surface area contributed by atoms with Gasteiger partial charge in [0.05, 0.1) is 18.4 Å². The number of guanidine groups is 1. The highest BCUT2D eigenvalue weighted by atomic mass is 16.3. The van der Waals surface area contributed by atoms with Crippen LogP contribution in [0.2, 0.25) is 0 Å². The summed E-state index contributed by atoms with van der Waals surface area (Å²) in [4.78, 5) is 111. The summed E-state index contributed by atoms with van der Waals surface area (Å²) in [5, 5.41) is 32.3. The molecule has 7 unspecified atom stereocenters. The van der Waals surface area contributed by atoms with Crippen LogP contribution in [0.4, 0.5) is 0 Å². The van der Waals surface area contributed by atoms with Gasteiger partial charge >= 0.3 is 0 Å². The van der Waals surface area contributed by atoms with Crippen molar-refractivity contribution in [1.82, 2.24) is 52.2 Å². The first kappa shape index (κ1) is 53.6. The predicted molar refractivity (Wildman–Crippen MR) is 262 cm³/mol. The van der Waals surface area contributed by atoms with E-state index in [9.17, 15) is 38.7 Å². The number of aromatic amines is 2. The predicted octanol–water partition coefficient (Wildman–Crippen LogP) is -0.571. The topological polar surface area (TPSA) is 359 Å². The van der Waals surface area contributed by atoms with Gasteiger partial charge in [-0.15, -0.1) is 0 Å². The molecule has 2 aromatic heterocycles. The molecule has 1 fully saturated rings. The van der Waals surface area contributed by atoms with Gasteiger partial charge < -0.3 is 64.2 Å². The Bertz CT molecular complexity index is 2370. The summed E-state index contributed by atoms with van der Waals surface area (Å²) in [6.07, 6.45) is 6.06. The van der Waals surface area contributed by atoms with Gasteiger partial charge in [0.1, 0.15) is 30.4 Å². The van der Waals surface area contributed by atoms with Gasteiger partial charge in [0.2, 0.25) is 41.4 Å². The van der Waals surface area contributed by atoms with Crippen LogP contribution in [-0.2, 0) is 52.8 Å². The van der Waals surface area contributed by atoms with Crippen LogP contribution < -0.4 is 54.4 Å². The second-order valence-electron chi connectivity index (χ2n) is 17.5. The molecule has 16 N–H and O–H groups in total. The van der Waals surface area contributed by atoms with E-state index in [2.05, 4.69) is 57.2 Å². The lowest BCUT2D eigenvalue weighted by Crippen LogP contribution is -2.61. The van der Waals surface area contributed by atoms with Gasteiger partial charge in [0.25, 0.3) is 0 Å². The van der Waals surface area contributed by atoms with Crippen LogP contribution in [0, 0.1) is 0 Å². The number of primary amides is 1. The van der Waals surface area contributed by atoms with Crippen LogP contribution in [-0.4, -0.2) is 123 Å². The molecule has 2 aromatic carbocycles. The number of aliphatic imine (C=N–C) groups is 1. The van der Waals surface area contributed by atoms with E-state index in [1.54, 1.807) is 36.5 Å². The summed E-state index contributed by atoms with van der Waals surface area (Å²) in [7, 11) is 0. The molecule has 1 saturated heterocycles. The van der Waals surface area contributed by atoms with Gasteiger partial charge in [0.15, 0.2) is 5.96 Å². The summed E-state index contributed by atoms with van der Waals surface area (Å²) >= 11 is 0. The summed E-state index contributed by atoms with van der Waals surface area (Å²) in [5.41, 5.74) is 19.7. The number of nitrogens with zero attached hydrogens (tertiary/aromatic N) is 2. The number of imidazole rings is 1. The third-order valence-electron chi connectivity index (χ3n) is 12.0. The third kappa shape index (κ3) is 17.3. The van der Waals surface area contributed by atoms with Crippen molar-refractivity contribution < 1.29 is 38.7 Å². The van der Waals surface area contributed by atoms with Crippen LogP contribution in [0.3, 0.4) is 0 Å². The zero-order valence-electron chi connectivity index (χ0n) is 39.5. The molecule has 378 valence electrons. The van der Waals surface area contributed by atoms with Crippen molar-refractivity contribution in [2.24, 2.45) is 22.2 Å².